The second-order valence-electron chi connectivity index (χ2n) is 0.530. The molecule has 0 atom stereocenters. The molecule has 0 aromatic rings. The monoisotopic (exact) mass is 112 g/mol. The molecule has 1 N–H and O–H groups in total. The van der Waals surface area contributed by atoms with Crippen LogP contribution in [-0.4, -0.2) is 26.1 Å². The quantitative estimate of drug-likeness (QED) is 0.343. The second kappa shape index (κ2) is 9.71. The van der Waals surface area contributed by atoms with Gasteiger partial charge in [0.15, 0.2) is 0 Å². The molecule has 5 heteroatoms. The summed E-state index contributed by atoms with van der Waals surface area (Å²) in [7, 11) is 0. The fourth-order valence-corrected chi connectivity index (χ4v) is 0. The summed E-state index contributed by atoms with van der Waals surface area (Å²) in [5.41, 5.74) is 0. The molecule has 7 heavy (non-hydrogen) atoms. The molecule has 0 radical (unpaired) electrons. The van der Waals surface area contributed by atoms with Crippen molar-refractivity contribution in [3.8, 4) is 0 Å². The third kappa shape index (κ3) is 21.1. The van der Waals surface area contributed by atoms with Crippen LogP contribution in [0.4, 0.5) is 0 Å². The van der Waals surface area contributed by atoms with Crippen molar-refractivity contribution >= 4 is 14.4 Å². The first-order chi connectivity index (χ1) is 2.27. The maximum atomic E-state index is 9.01. The number of aliphatic hydroxyl groups excluding tert-OH is 1. The number of carbonyl (C=O) groups excluding carboxylic acids is 1. The SMILES string of the molecule is B.O=C([O-])CO.[Na+]. The van der Waals surface area contributed by atoms with Gasteiger partial charge in [-0.25, -0.2) is 0 Å². The van der Waals surface area contributed by atoms with Crippen LogP contribution in [0.1, 0.15) is 0 Å². The largest absolute Gasteiger partial charge is 1.00 e. The van der Waals surface area contributed by atoms with E-state index in [1.807, 2.05) is 0 Å². The number of carboxylic acids is 1. The summed E-state index contributed by atoms with van der Waals surface area (Å²) in [5.74, 6) is -1.44. The number of aliphatic carboxylic acids is 1. The van der Waals surface area contributed by atoms with Crippen molar-refractivity contribution in [2.75, 3.05) is 6.61 Å². The molecule has 0 amide bonds. The van der Waals surface area contributed by atoms with Gasteiger partial charge in [0.25, 0.3) is 0 Å². The second-order valence-corrected chi connectivity index (χ2v) is 0.530. The van der Waals surface area contributed by atoms with E-state index in [9.17, 15) is 0 Å². The summed E-state index contributed by atoms with van der Waals surface area (Å²) in [6.07, 6.45) is 0. The topological polar surface area (TPSA) is 60.4 Å². The first-order valence-electron chi connectivity index (χ1n) is 1.08. The third-order valence-electron chi connectivity index (χ3n) is 0.129. The van der Waals surface area contributed by atoms with Crippen LogP contribution in [0.15, 0.2) is 0 Å². The number of hydrogen-bond acceptors (Lipinski definition) is 3. The molecule has 0 aliphatic carbocycles. The summed E-state index contributed by atoms with van der Waals surface area (Å²) < 4.78 is 0. The standard InChI is InChI=1S/C2H4O3.BH3.Na/c3-1-2(4)5;;/h3H,1H2,(H,4,5);1H3;/q;;+1/p-1. The molecule has 0 aromatic heterocycles. The van der Waals surface area contributed by atoms with Crippen LogP contribution in [0.2, 0.25) is 0 Å². The molecule has 0 aliphatic rings. The minimum absolute atomic E-state index is 0. The molecule has 36 valence electrons. The fraction of sp³-hybridized carbons (Fsp3) is 0.500. The van der Waals surface area contributed by atoms with Gasteiger partial charge in [-0.15, -0.1) is 0 Å². The number of hydrogen-bond donors (Lipinski definition) is 1. The molecule has 0 heterocycles. The Morgan fingerprint density at radius 1 is 1.71 bits per heavy atom. The van der Waals surface area contributed by atoms with Crippen LogP contribution >= 0.6 is 0 Å². The zero-order chi connectivity index (χ0) is 4.28. The normalized spacial score (nSPS) is 5.29. The van der Waals surface area contributed by atoms with E-state index in [-0.39, 0.29) is 38.0 Å². The first-order valence-corrected chi connectivity index (χ1v) is 1.08. The van der Waals surface area contributed by atoms with E-state index >= 15 is 0 Å². The van der Waals surface area contributed by atoms with Gasteiger partial charge >= 0.3 is 29.6 Å². The van der Waals surface area contributed by atoms with Crippen LogP contribution in [0.3, 0.4) is 0 Å². The van der Waals surface area contributed by atoms with Gasteiger partial charge in [0.1, 0.15) is 0 Å². The molecule has 0 spiro atoms. The Labute approximate surface area is 65.6 Å². The average Bonchev–Trinajstić information content (AvgIpc) is 1.38. The van der Waals surface area contributed by atoms with Crippen molar-refractivity contribution in [3.05, 3.63) is 0 Å². The fourth-order valence-electron chi connectivity index (χ4n) is 0. The molecule has 0 bridgehead atoms. The van der Waals surface area contributed by atoms with Gasteiger partial charge in [-0.2, -0.15) is 0 Å². The van der Waals surface area contributed by atoms with E-state index in [0.717, 1.165) is 0 Å². The third-order valence-corrected chi connectivity index (χ3v) is 0.129. The summed E-state index contributed by atoms with van der Waals surface area (Å²) in [6, 6.07) is 0. The summed E-state index contributed by atoms with van der Waals surface area (Å²) in [4.78, 5) is 9.01. The Balaban J connectivity index is -0.0000000800. The van der Waals surface area contributed by atoms with E-state index in [0.29, 0.717) is 0 Å². The van der Waals surface area contributed by atoms with E-state index in [2.05, 4.69) is 0 Å². The number of rotatable bonds is 1. The van der Waals surface area contributed by atoms with Crippen molar-refractivity contribution < 1.29 is 44.6 Å². The van der Waals surface area contributed by atoms with Crippen molar-refractivity contribution in [1.82, 2.24) is 0 Å². The molecular weight excluding hydrogens is 106 g/mol. The molecule has 0 fully saturated rings. The first kappa shape index (κ1) is 15.6. The molecule has 0 unspecified atom stereocenters. The van der Waals surface area contributed by atoms with Crippen LogP contribution in [-0.2, 0) is 4.79 Å². The number of carbonyl (C=O) groups is 1. The van der Waals surface area contributed by atoms with Gasteiger partial charge in [-0.05, 0) is 0 Å². The van der Waals surface area contributed by atoms with Gasteiger partial charge in [-0.3, -0.25) is 0 Å². The average molecular weight is 112 g/mol. The molecule has 0 saturated heterocycles. The van der Waals surface area contributed by atoms with Gasteiger partial charge < -0.3 is 15.0 Å². The van der Waals surface area contributed by atoms with Crippen LogP contribution in [0.5, 0.6) is 0 Å². The zero-order valence-electron chi connectivity index (χ0n) is 3.47. The van der Waals surface area contributed by atoms with Gasteiger partial charge in [0, 0.05) is 0 Å². The Hall–Kier alpha value is 0.495. The Kier molecular flexibility index (Phi) is 21.7. The summed E-state index contributed by atoms with van der Waals surface area (Å²) in [6.45, 7) is -0.889. The molecule has 0 aromatic carbocycles. The van der Waals surface area contributed by atoms with Crippen LogP contribution in [0.25, 0.3) is 0 Å². The van der Waals surface area contributed by atoms with E-state index in [1.54, 1.807) is 0 Å². The van der Waals surface area contributed by atoms with Crippen LogP contribution < -0.4 is 34.7 Å². The minimum atomic E-state index is -1.44. The van der Waals surface area contributed by atoms with Crippen molar-refractivity contribution in [1.29, 1.82) is 0 Å². The van der Waals surface area contributed by atoms with E-state index in [1.165, 1.54) is 0 Å². The van der Waals surface area contributed by atoms with E-state index in [4.69, 9.17) is 15.0 Å². The van der Waals surface area contributed by atoms with E-state index < -0.39 is 12.6 Å². The predicted octanol–water partition coefficient (Wildman–Crippen LogP) is -6.45. The number of carboxylic acid groups (broad SMARTS) is 1. The van der Waals surface area contributed by atoms with Gasteiger partial charge in [-0.1, -0.05) is 0 Å². The van der Waals surface area contributed by atoms with Crippen molar-refractivity contribution in [3.63, 3.8) is 0 Å². The Bertz CT molecular complexity index is 48.2. The Morgan fingerprint density at radius 2 is 1.86 bits per heavy atom. The molecule has 0 rings (SSSR count). The molecule has 0 aliphatic heterocycles. The molecule has 0 saturated carbocycles. The summed E-state index contributed by atoms with van der Waals surface area (Å²) in [5, 5.41) is 16.5. The van der Waals surface area contributed by atoms with Gasteiger partial charge in [0.05, 0.1) is 21.0 Å². The summed E-state index contributed by atoms with van der Waals surface area (Å²) >= 11 is 0. The zero-order valence-corrected chi connectivity index (χ0v) is 5.47. The van der Waals surface area contributed by atoms with Crippen molar-refractivity contribution in [2.45, 2.75) is 0 Å². The molecule has 3 nitrogen and oxygen atoms in total. The Morgan fingerprint density at radius 3 is 1.86 bits per heavy atom. The van der Waals surface area contributed by atoms with Crippen LogP contribution in [0, 0.1) is 0 Å². The van der Waals surface area contributed by atoms with Crippen molar-refractivity contribution in [2.24, 2.45) is 0 Å². The maximum Gasteiger partial charge on any atom is 1.00 e. The smallest absolute Gasteiger partial charge is 0.548 e. The number of aliphatic hydroxyl groups is 1. The predicted molar refractivity (Wildman–Crippen MR) is 22.0 cm³/mol. The van der Waals surface area contributed by atoms with Gasteiger partial charge in [0.2, 0.25) is 0 Å². The maximum absolute atomic E-state index is 9.01. The molecular formula is C2H6BNaO3. The minimum Gasteiger partial charge on any atom is -0.548 e.